The van der Waals surface area contributed by atoms with E-state index in [4.69, 9.17) is 4.74 Å². The number of hydrogen-bond acceptors (Lipinski definition) is 6. The van der Waals surface area contributed by atoms with Crippen LogP contribution in [0, 0.1) is 5.92 Å². The van der Waals surface area contributed by atoms with Crippen molar-refractivity contribution in [1.82, 2.24) is 14.9 Å². The molecule has 0 radical (unpaired) electrons. The summed E-state index contributed by atoms with van der Waals surface area (Å²) in [4.78, 5) is 65.4. The summed E-state index contributed by atoms with van der Waals surface area (Å²) < 4.78 is 23.6. The number of carbonyl (C=O) groups excluding carboxylic acids is 4. The van der Waals surface area contributed by atoms with Gasteiger partial charge in [-0.15, -0.1) is 0 Å². The second-order valence-electron chi connectivity index (χ2n) is 17.5. The number of ether oxygens (including phenoxy) is 1. The van der Waals surface area contributed by atoms with Crippen molar-refractivity contribution >= 4 is 70.9 Å². The topological polar surface area (TPSA) is 160 Å². The van der Waals surface area contributed by atoms with E-state index in [-0.39, 0.29) is 62.1 Å². The van der Waals surface area contributed by atoms with E-state index in [2.05, 4.69) is 20.6 Å². The van der Waals surface area contributed by atoms with Crippen molar-refractivity contribution in [2.45, 2.75) is 82.0 Å². The Morgan fingerprint density at radius 1 is 0.871 bits per heavy atom. The van der Waals surface area contributed by atoms with Crippen molar-refractivity contribution in [3.05, 3.63) is 126 Å². The van der Waals surface area contributed by atoms with Crippen LogP contribution in [-0.4, -0.2) is 77.3 Å². The summed E-state index contributed by atoms with van der Waals surface area (Å²) in [7, 11) is -3.60. The van der Waals surface area contributed by atoms with Gasteiger partial charge in [-0.2, -0.15) is 0 Å². The fourth-order valence-electron chi connectivity index (χ4n) is 10.3. The lowest BCUT2D eigenvalue weighted by Gasteiger charge is -2.31. The van der Waals surface area contributed by atoms with E-state index < -0.39 is 31.6 Å². The molecule has 62 heavy (non-hydrogen) atoms. The van der Waals surface area contributed by atoms with Crippen molar-refractivity contribution in [3.8, 4) is 0 Å². The number of halogens is 1. The Morgan fingerprint density at radius 2 is 1.47 bits per heavy atom. The summed E-state index contributed by atoms with van der Waals surface area (Å²) >= 11 is 0. The number of likely N-dealkylation sites (tertiary alicyclic amines) is 1. The van der Waals surface area contributed by atoms with Crippen LogP contribution in [-0.2, 0) is 48.9 Å². The zero-order valence-electron chi connectivity index (χ0n) is 35.0. The van der Waals surface area contributed by atoms with Gasteiger partial charge in [0.15, 0.2) is 5.60 Å². The fraction of sp³-hybridized carbons (Fsp3) is 0.333. The van der Waals surface area contributed by atoms with Gasteiger partial charge < -0.3 is 44.4 Å². The maximum Gasteiger partial charge on any atom is 0.264 e. The Kier molecular flexibility index (Phi) is 10.9. The summed E-state index contributed by atoms with van der Waals surface area (Å²) in [6.45, 7) is 5.54. The highest BCUT2D eigenvalue weighted by Crippen LogP contribution is 2.60. The lowest BCUT2D eigenvalue weighted by Crippen LogP contribution is -2.45. The van der Waals surface area contributed by atoms with Gasteiger partial charge in [0.2, 0.25) is 26.1 Å². The van der Waals surface area contributed by atoms with Crippen molar-refractivity contribution in [3.63, 3.8) is 0 Å². The highest BCUT2D eigenvalue weighted by Gasteiger charge is 2.67. The third kappa shape index (κ3) is 7.49. The van der Waals surface area contributed by atoms with Crippen LogP contribution < -0.4 is 15.5 Å². The van der Waals surface area contributed by atoms with Gasteiger partial charge in [-0.1, -0.05) is 55.5 Å². The van der Waals surface area contributed by atoms with Crippen LogP contribution in [0.1, 0.15) is 48.4 Å². The molecule has 4 amide bonds. The number of hydrogen-bond donors (Lipinski definition) is 5. The molecule has 6 aromatic rings. The average molecular weight is 855 g/mol. The summed E-state index contributed by atoms with van der Waals surface area (Å²) in [6.07, 6.45) is 4.43. The maximum absolute atomic E-state index is 16.7. The third-order valence-electron chi connectivity index (χ3n) is 13.2. The molecule has 5 atom stereocenters. The van der Waals surface area contributed by atoms with Gasteiger partial charge in [-0.3, -0.25) is 19.2 Å². The lowest BCUT2D eigenvalue weighted by atomic mass is 9.82. The second kappa shape index (κ2) is 16.3. The van der Waals surface area contributed by atoms with Crippen LogP contribution in [0.25, 0.3) is 21.8 Å². The lowest BCUT2D eigenvalue weighted by molar-refractivity contribution is -0.150. The van der Waals surface area contributed by atoms with E-state index in [9.17, 15) is 19.5 Å². The number of nitrogens with zero attached hydrogens (tertiary/aromatic N) is 2. The van der Waals surface area contributed by atoms with E-state index in [1.807, 2.05) is 80.0 Å². The van der Waals surface area contributed by atoms with Crippen molar-refractivity contribution in [2.24, 2.45) is 5.92 Å². The molecule has 9 rings (SSSR count). The van der Waals surface area contributed by atoms with E-state index in [1.54, 1.807) is 53.2 Å². The smallest absolute Gasteiger partial charge is 0.264 e. The molecule has 0 unspecified atom stereocenters. The van der Waals surface area contributed by atoms with E-state index >= 15 is 8.90 Å². The van der Waals surface area contributed by atoms with Crippen LogP contribution in [0.3, 0.4) is 0 Å². The first-order valence-electron chi connectivity index (χ1n) is 21.4. The second-order valence-corrected chi connectivity index (χ2v) is 21.3. The van der Waals surface area contributed by atoms with Crippen LogP contribution in [0.2, 0.25) is 18.6 Å². The molecule has 5 N–H and O–H groups in total. The van der Waals surface area contributed by atoms with E-state index in [1.165, 1.54) is 0 Å². The molecule has 14 heteroatoms. The number of aromatic nitrogens is 2. The predicted molar refractivity (Wildman–Crippen MR) is 240 cm³/mol. The zero-order valence-corrected chi connectivity index (χ0v) is 36.0. The molecular weight excluding hydrogens is 804 g/mol. The third-order valence-corrected chi connectivity index (χ3v) is 15.6. The Bertz CT molecular complexity index is 2690. The number of aliphatic hydroxyl groups is 1. The Morgan fingerprint density at radius 3 is 2.08 bits per heavy atom. The first-order valence-corrected chi connectivity index (χ1v) is 24.3. The molecular formula is C48H51FN6O6Si. The molecule has 320 valence electrons. The minimum Gasteiger partial charge on any atom is -0.394 e. The highest BCUT2D eigenvalue weighted by molar-refractivity contribution is 6.72. The van der Waals surface area contributed by atoms with Gasteiger partial charge in [0.05, 0.1) is 50.2 Å². The summed E-state index contributed by atoms with van der Waals surface area (Å²) in [5, 5.41) is 17.9. The quantitative estimate of drug-likeness (QED) is 0.0627. The van der Waals surface area contributed by atoms with Crippen LogP contribution in [0.5, 0.6) is 0 Å². The number of fused-ring (bicyclic) bond motifs is 4. The number of rotatable bonds is 12. The molecule has 0 aliphatic carbocycles. The SMILES string of the molecule is C[C@@H]1[C@@H]([Si](C)(C)F)[C@H](CC(=O)N2CCC[C@H]2CO)O[C@@]12C(=O)N(Cc1ccc(NC(=O)Cc3c[nH]c4ccccc34)cc1)c1ccc(NC(=O)Cc3c[nH]c4ccccc34)cc12. The van der Waals surface area contributed by atoms with Gasteiger partial charge in [-0.05, 0) is 85.1 Å². The number of H-pyrrole nitrogens is 2. The molecule has 4 aromatic carbocycles. The molecule has 0 saturated carbocycles. The van der Waals surface area contributed by atoms with Gasteiger partial charge in [0, 0.05) is 69.1 Å². The molecule has 2 saturated heterocycles. The van der Waals surface area contributed by atoms with Crippen molar-refractivity contribution < 1.29 is 33.1 Å². The first-order chi connectivity index (χ1) is 29.8. The summed E-state index contributed by atoms with van der Waals surface area (Å²) in [5.41, 5.74) is 4.20. The maximum atomic E-state index is 16.7. The Labute approximate surface area is 360 Å². The Balaban J connectivity index is 1.00. The van der Waals surface area contributed by atoms with Gasteiger partial charge in [0.25, 0.3) is 5.91 Å². The fourth-order valence-corrected chi connectivity index (χ4v) is 12.8. The molecule has 1 spiro atoms. The molecule has 0 bridgehead atoms. The predicted octanol–water partition coefficient (Wildman–Crippen LogP) is 7.71. The van der Waals surface area contributed by atoms with E-state index in [0.29, 0.717) is 35.6 Å². The monoisotopic (exact) mass is 854 g/mol. The number of carbonyl (C=O) groups is 4. The number of anilines is 3. The van der Waals surface area contributed by atoms with Gasteiger partial charge >= 0.3 is 0 Å². The number of aromatic amines is 2. The van der Waals surface area contributed by atoms with Crippen molar-refractivity contribution in [2.75, 3.05) is 28.7 Å². The molecule has 2 aromatic heterocycles. The molecule has 12 nitrogen and oxygen atoms in total. The zero-order chi connectivity index (χ0) is 43.3. The number of para-hydroxylation sites is 2. The number of benzene rings is 4. The molecule has 5 heterocycles. The first kappa shape index (κ1) is 41.3. The van der Waals surface area contributed by atoms with Crippen LogP contribution in [0.15, 0.2) is 103 Å². The standard InChI is InChI=1S/C48H51FN6O6Si/c1-29-46(62(2,3)49)42(24-45(59)54-20-8-9-35(54)28-56)61-48(29)38-23-34(53-44(58)22-32-26-51-40-13-7-5-11-37(32)40)18-19-41(38)55(47(48)60)27-30-14-16-33(17-15-30)52-43(57)21-31-25-50-39-12-6-4-10-36(31)39/h4-7,10-19,23,25-26,29,35,42,46,50-51,56H,8-9,20-22,24,27-28H2,1-3H3,(H,52,57)(H,53,58)/t29-,35+,42+,46-,48+/m1/s1. The van der Waals surface area contributed by atoms with Gasteiger partial charge in [0.1, 0.15) is 0 Å². The number of aliphatic hydroxyl groups excluding tert-OH is 1. The largest absolute Gasteiger partial charge is 0.394 e. The summed E-state index contributed by atoms with van der Waals surface area (Å²) in [5.74, 6) is -1.67. The normalized spacial score (nSPS) is 22.2. The number of amides is 4. The number of nitrogens with one attached hydrogen (secondary N) is 4. The van der Waals surface area contributed by atoms with E-state index in [0.717, 1.165) is 44.9 Å². The van der Waals surface area contributed by atoms with Crippen LogP contribution in [0.4, 0.5) is 21.2 Å². The minimum absolute atomic E-state index is 0.114. The molecule has 2 fully saturated rings. The Hall–Kier alpha value is -6.09. The minimum atomic E-state index is -3.60. The van der Waals surface area contributed by atoms with Gasteiger partial charge in [-0.25, -0.2) is 0 Å². The van der Waals surface area contributed by atoms with Crippen LogP contribution >= 0.6 is 0 Å². The van der Waals surface area contributed by atoms with Crippen molar-refractivity contribution in [1.29, 1.82) is 0 Å². The highest BCUT2D eigenvalue weighted by atomic mass is 28.4. The summed E-state index contributed by atoms with van der Waals surface area (Å²) in [6, 6.07) is 27.9. The molecule has 3 aliphatic rings. The average Bonchev–Trinajstić information content (AvgIpc) is 4.08. The molecule has 3 aliphatic heterocycles.